The maximum Gasteiger partial charge on any atom is 0.258 e. The van der Waals surface area contributed by atoms with E-state index in [1.54, 1.807) is 0 Å². The van der Waals surface area contributed by atoms with Crippen molar-refractivity contribution in [3.63, 3.8) is 0 Å². The Labute approximate surface area is 117 Å². The van der Waals surface area contributed by atoms with Crippen LogP contribution in [0.15, 0.2) is 22.7 Å². The van der Waals surface area contributed by atoms with E-state index in [1.165, 1.54) is 11.1 Å². The number of nitrogens with one attached hydrogen (secondary N) is 1. The molecule has 4 rings (SSSR count). The number of fused-ring (bicyclic) bond motifs is 1. The zero-order chi connectivity index (χ0) is 13.6. The summed E-state index contributed by atoms with van der Waals surface area (Å²) < 4.78 is 11.2. The molecule has 0 aliphatic carbocycles. The summed E-state index contributed by atoms with van der Waals surface area (Å²) in [6.45, 7) is 4.65. The molecule has 2 aliphatic rings. The topological polar surface area (TPSA) is 60.2 Å². The van der Waals surface area contributed by atoms with Crippen LogP contribution in [0.5, 0.6) is 0 Å². The molecule has 5 nitrogen and oxygen atoms in total. The lowest BCUT2D eigenvalue weighted by atomic mass is 10.0. The molecule has 1 unspecified atom stereocenters. The summed E-state index contributed by atoms with van der Waals surface area (Å²) in [4.78, 5) is 4.54. The average Bonchev–Trinajstić information content (AvgIpc) is 3.18. The van der Waals surface area contributed by atoms with Gasteiger partial charge in [-0.2, -0.15) is 4.98 Å². The minimum absolute atomic E-state index is 0.389. The third kappa shape index (κ3) is 1.85. The second kappa shape index (κ2) is 4.40. The van der Waals surface area contributed by atoms with E-state index in [9.17, 15) is 0 Å². The SMILES string of the molecule is CC1(c2noc(-c3ccc4c(c3)CNC4)n2)CCCO1. The van der Waals surface area contributed by atoms with E-state index >= 15 is 0 Å². The first-order valence-corrected chi connectivity index (χ1v) is 7.06. The highest BCUT2D eigenvalue weighted by Gasteiger charge is 2.36. The van der Waals surface area contributed by atoms with Gasteiger partial charge in [0.25, 0.3) is 5.89 Å². The van der Waals surface area contributed by atoms with Gasteiger partial charge in [0.15, 0.2) is 0 Å². The first-order valence-electron chi connectivity index (χ1n) is 7.06. The Kier molecular flexibility index (Phi) is 2.65. The molecule has 0 radical (unpaired) electrons. The Morgan fingerprint density at radius 2 is 2.15 bits per heavy atom. The summed E-state index contributed by atoms with van der Waals surface area (Å²) >= 11 is 0. The van der Waals surface area contributed by atoms with Crippen molar-refractivity contribution in [2.24, 2.45) is 0 Å². The van der Waals surface area contributed by atoms with E-state index in [2.05, 4.69) is 27.6 Å². The zero-order valence-corrected chi connectivity index (χ0v) is 11.5. The average molecular weight is 271 g/mol. The highest BCUT2D eigenvalue weighted by molar-refractivity contribution is 5.56. The lowest BCUT2D eigenvalue weighted by Gasteiger charge is -2.17. The molecule has 1 aromatic carbocycles. The Balaban J connectivity index is 1.68. The van der Waals surface area contributed by atoms with Gasteiger partial charge >= 0.3 is 0 Å². The largest absolute Gasteiger partial charge is 0.367 e. The number of ether oxygens (including phenoxy) is 1. The minimum atomic E-state index is -0.389. The zero-order valence-electron chi connectivity index (χ0n) is 11.5. The second-order valence-corrected chi connectivity index (χ2v) is 5.69. The lowest BCUT2D eigenvalue weighted by Crippen LogP contribution is -2.21. The summed E-state index contributed by atoms with van der Waals surface area (Å²) in [5, 5.41) is 7.45. The Hall–Kier alpha value is -1.72. The van der Waals surface area contributed by atoms with E-state index in [0.29, 0.717) is 11.7 Å². The normalized spacial score (nSPS) is 25.1. The van der Waals surface area contributed by atoms with Crippen LogP contribution >= 0.6 is 0 Å². The highest BCUT2D eigenvalue weighted by Crippen LogP contribution is 2.35. The quantitative estimate of drug-likeness (QED) is 0.908. The van der Waals surface area contributed by atoms with Crippen LogP contribution in [-0.4, -0.2) is 16.7 Å². The Bertz CT molecular complexity index is 644. The van der Waals surface area contributed by atoms with Crippen LogP contribution in [0.2, 0.25) is 0 Å². The number of rotatable bonds is 2. The maximum absolute atomic E-state index is 5.75. The molecule has 2 aliphatic heterocycles. The second-order valence-electron chi connectivity index (χ2n) is 5.69. The van der Waals surface area contributed by atoms with E-state index in [1.807, 2.05) is 13.0 Å². The van der Waals surface area contributed by atoms with Crippen LogP contribution in [-0.2, 0) is 23.4 Å². The van der Waals surface area contributed by atoms with Gasteiger partial charge in [-0.25, -0.2) is 0 Å². The van der Waals surface area contributed by atoms with Crippen LogP contribution < -0.4 is 5.32 Å². The fraction of sp³-hybridized carbons (Fsp3) is 0.467. The van der Waals surface area contributed by atoms with Crippen molar-refractivity contribution in [3.8, 4) is 11.5 Å². The molecule has 0 saturated carbocycles. The first kappa shape index (κ1) is 12.1. The molecule has 0 spiro atoms. The van der Waals surface area contributed by atoms with E-state index in [-0.39, 0.29) is 5.60 Å². The number of nitrogens with zero attached hydrogens (tertiary/aromatic N) is 2. The van der Waals surface area contributed by atoms with Gasteiger partial charge in [0.2, 0.25) is 5.82 Å². The predicted octanol–water partition coefficient (Wildman–Crippen LogP) is 2.37. The number of hydrogen-bond acceptors (Lipinski definition) is 5. The van der Waals surface area contributed by atoms with Crippen molar-refractivity contribution in [1.29, 1.82) is 0 Å². The molecule has 1 fully saturated rings. The molecule has 104 valence electrons. The summed E-state index contributed by atoms with van der Waals surface area (Å²) in [7, 11) is 0. The molecule has 1 N–H and O–H groups in total. The van der Waals surface area contributed by atoms with Crippen molar-refractivity contribution in [2.75, 3.05) is 6.61 Å². The maximum atomic E-state index is 5.75. The summed E-state index contributed by atoms with van der Waals surface area (Å²) in [5.41, 5.74) is 3.25. The molecule has 1 saturated heterocycles. The molecular formula is C15H17N3O2. The number of benzene rings is 1. The lowest BCUT2D eigenvalue weighted by molar-refractivity contribution is 0.00768. The summed E-state index contributed by atoms with van der Waals surface area (Å²) in [6.07, 6.45) is 1.99. The smallest absolute Gasteiger partial charge is 0.258 e. The molecular weight excluding hydrogens is 254 g/mol. The van der Waals surface area contributed by atoms with Crippen molar-refractivity contribution in [3.05, 3.63) is 35.2 Å². The van der Waals surface area contributed by atoms with Crippen LogP contribution in [0.3, 0.4) is 0 Å². The summed E-state index contributed by atoms with van der Waals surface area (Å²) in [5.74, 6) is 1.23. The van der Waals surface area contributed by atoms with Gasteiger partial charge in [0.05, 0.1) is 0 Å². The first-order chi connectivity index (χ1) is 9.74. The standard InChI is InChI=1S/C15H17N3O2/c1-15(5-2-6-19-15)14-17-13(20-18-14)10-3-4-11-8-16-9-12(11)7-10/h3-4,7,16H,2,5-6,8-9H2,1H3. The van der Waals surface area contributed by atoms with Gasteiger partial charge in [0, 0.05) is 25.3 Å². The number of aromatic nitrogens is 2. The van der Waals surface area contributed by atoms with Gasteiger partial charge in [-0.05, 0) is 43.0 Å². The molecule has 1 atom stereocenters. The van der Waals surface area contributed by atoms with Gasteiger partial charge in [-0.1, -0.05) is 11.2 Å². The van der Waals surface area contributed by atoms with Gasteiger partial charge in [0.1, 0.15) is 5.60 Å². The molecule has 1 aromatic heterocycles. The van der Waals surface area contributed by atoms with Gasteiger partial charge in [-0.15, -0.1) is 0 Å². The fourth-order valence-electron chi connectivity index (χ4n) is 2.94. The van der Waals surface area contributed by atoms with Crippen LogP contribution in [0.25, 0.3) is 11.5 Å². The third-order valence-corrected chi connectivity index (χ3v) is 4.20. The van der Waals surface area contributed by atoms with E-state index < -0.39 is 0 Å². The number of hydrogen-bond donors (Lipinski definition) is 1. The van der Waals surface area contributed by atoms with Crippen molar-refractivity contribution < 1.29 is 9.26 Å². The van der Waals surface area contributed by atoms with E-state index in [0.717, 1.165) is 38.1 Å². The summed E-state index contributed by atoms with van der Waals surface area (Å²) in [6, 6.07) is 6.30. The Morgan fingerprint density at radius 3 is 3.00 bits per heavy atom. The van der Waals surface area contributed by atoms with Gasteiger partial charge < -0.3 is 14.6 Å². The highest BCUT2D eigenvalue weighted by atomic mass is 16.5. The molecule has 0 amide bonds. The van der Waals surface area contributed by atoms with Gasteiger partial charge in [-0.3, -0.25) is 0 Å². The van der Waals surface area contributed by atoms with Crippen LogP contribution in [0, 0.1) is 0 Å². The van der Waals surface area contributed by atoms with Crippen molar-refractivity contribution in [2.45, 2.75) is 38.5 Å². The van der Waals surface area contributed by atoms with Crippen molar-refractivity contribution >= 4 is 0 Å². The van der Waals surface area contributed by atoms with Crippen molar-refractivity contribution in [1.82, 2.24) is 15.5 Å². The minimum Gasteiger partial charge on any atom is -0.367 e. The molecule has 5 heteroatoms. The molecule has 20 heavy (non-hydrogen) atoms. The molecule has 2 aromatic rings. The van der Waals surface area contributed by atoms with E-state index in [4.69, 9.17) is 9.26 Å². The fourth-order valence-corrected chi connectivity index (χ4v) is 2.94. The van der Waals surface area contributed by atoms with Crippen LogP contribution in [0.1, 0.15) is 36.7 Å². The molecule has 0 bridgehead atoms. The monoisotopic (exact) mass is 271 g/mol. The Morgan fingerprint density at radius 1 is 1.25 bits per heavy atom. The third-order valence-electron chi connectivity index (χ3n) is 4.20. The predicted molar refractivity (Wildman–Crippen MR) is 72.8 cm³/mol. The van der Waals surface area contributed by atoms with Crippen LogP contribution in [0.4, 0.5) is 0 Å². The molecule has 3 heterocycles.